The molecule has 1 atom stereocenters. The summed E-state index contributed by atoms with van der Waals surface area (Å²) < 4.78 is 61.2. The molecule has 2 amide bonds. The van der Waals surface area contributed by atoms with E-state index in [1.54, 1.807) is 0 Å². The molecule has 210 valence electrons. The second kappa shape index (κ2) is 11.7. The molecule has 3 aromatic rings. The molecule has 40 heavy (non-hydrogen) atoms. The number of urea groups is 1. The van der Waals surface area contributed by atoms with Crippen LogP contribution in [0.5, 0.6) is 5.75 Å². The van der Waals surface area contributed by atoms with Gasteiger partial charge in [0.05, 0.1) is 16.8 Å². The first-order valence-electron chi connectivity index (χ1n) is 12.3. The quantitative estimate of drug-likeness (QED) is 0.221. The van der Waals surface area contributed by atoms with Crippen molar-refractivity contribution in [2.45, 2.75) is 31.4 Å². The number of para-hydroxylation sites is 1. The van der Waals surface area contributed by atoms with E-state index in [1.165, 1.54) is 65.6 Å². The van der Waals surface area contributed by atoms with Gasteiger partial charge < -0.3 is 20.5 Å². The van der Waals surface area contributed by atoms with Crippen LogP contribution in [0.25, 0.3) is 0 Å². The van der Waals surface area contributed by atoms with Crippen molar-refractivity contribution in [1.29, 1.82) is 0 Å². The van der Waals surface area contributed by atoms with E-state index in [4.69, 9.17) is 9.84 Å². The standard InChI is InChI=1S/C28H25F4N3O5/c29-27(30,31)22-5-1-2-6-23(22)34-26(39)33-20-11-7-18(8-12-20)17-24(36)28(32,35-15-3-4-16-35)40-21-13-9-19(10-14-21)25(37)38/h1-2,5-14H,3-4,15-17H2,(H,37,38)(H2,33,34,39). The first-order chi connectivity index (χ1) is 19.0. The molecule has 1 saturated heterocycles. The number of carboxylic acid groups (broad SMARTS) is 1. The molecule has 4 rings (SSSR count). The Morgan fingerprint density at radius 3 is 2.08 bits per heavy atom. The Bertz CT molecular complexity index is 1370. The van der Waals surface area contributed by atoms with Gasteiger partial charge in [-0.1, -0.05) is 24.3 Å². The van der Waals surface area contributed by atoms with E-state index in [1.807, 2.05) is 0 Å². The van der Waals surface area contributed by atoms with E-state index in [-0.39, 0.29) is 23.4 Å². The summed E-state index contributed by atoms with van der Waals surface area (Å²) in [5.41, 5.74) is -0.778. The number of carbonyl (C=O) groups is 3. The summed E-state index contributed by atoms with van der Waals surface area (Å²) in [4.78, 5) is 37.8. The van der Waals surface area contributed by atoms with E-state index >= 15 is 4.39 Å². The highest BCUT2D eigenvalue weighted by Gasteiger charge is 2.48. The molecule has 1 aliphatic heterocycles. The number of ketones is 1. The Kier molecular flexibility index (Phi) is 8.38. The normalized spacial score (nSPS) is 15.2. The Balaban J connectivity index is 1.43. The Hall–Kier alpha value is -4.45. The fraction of sp³-hybridized carbons (Fsp3) is 0.250. The van der Waals surface area contributed by atoms with Gasteiger partial charge in [-0.05, 0) is 66.9 Å². The van der Waals surface area contributed by atoms with Crippen LogP contribution in [-0.4, -0.2) is 46.9 Å². The van der Waals surface area contributed by atoms with Gasteiger partial charge in [-0.2, -0.15) is 17.6 Å². The number of anilines is 2. The molecule has 1 fully saturated rings. The SMILES string of the molecule is O=C(Nc1ccc(CC(=O)C(F)(Oc2ccc(C(=O)O)cc2)N2CCCC2)cc1)Nc1ccccc1C(F)(F)F. The minimum absolute atomic E-state index is 0.00888. The first kappa shape index (κ1) is 28.6. The van der Waals surface area contributed by atoms with Crippen LogP contribution in [0.15, 0.2) is 72.8 Å². The van der Waals surface area contributed by atoms with Crippen LogP contribution < -0.4 is 15.4 Å². The number of ether oxygens (including phenoxy) is 1. The maximum absolute atomic E-state index is 16.2. The molecule has 8 nitrogen and oxygen atoms in total. The zero-order chi connectivity index (χ0) is 28.9. The molecule has 12 heteroatoms. The van der Waals surface area contributed by atoms with E-state index < -0.39 is 41.2 Å². The summed E-state index contributed by atoms with van der Waals surface area (Å²) in [5, 5.41) is 13.6. The van der Waals surface area contributed by atoms with Crippen molar-refractivity contribution in [3.8, 4) is 5.75 Å². The van der Waals surface area contributed by atoms with Crippen LogP contribution in [0.3, 0.4) is 0 Å². The number of carbonyl (C=O) groups excluding carboxylic acids is 2. The minimum atomic E-state index is -4.65. The van der Waals surface area contributed by atoms with Crippen molar-refractivity contribution in [3.05, 3.63) is 89.5 Å². The van der Waals surface area contributed by atoms with Crippen LogP contribution in [0.2, 0.25) is 0 Å². The number of likely N-dealkylation sites (tertiary alicyclic amines) is 1. The lowest BCUT2D eigenvalue weighted by Crippen LogP contribution is -2.55. The molecule has 0 radical (unpaired) electrons. The number of amides is 2. The van der Waals surface area contributed by atoms with Gasteiger partial charge in [-0.25, -0.2) is 14.5 Å². The zero-order valence-corrected chi connectivity index (χ0v) is 21.0. The molecule has 0 saturated carbocycles. The van der Waals surface area contributed by atoms with Gasteiger partial charge in [0, 0.05) is 25.2 Å². The van der Waals surface area contributed by atoms with Crippen molar-refractivity contribution < 1.29 is 41.8 Å². The average Bonchev–Trinajstić information content (AvgIpc) is 3.46. The van der Waals surface area contributed by atoms with Crippen LogP contribution in [0.1, 0.15) is 34.3 Å². The largest absolute Gasteiger partial charge is 0.478 e. The number of rotatable bonds is 9. The molecular weight excluding hydrogens is 534 g/mol. The summed E-state index contributed by atoms with van der Waals surface area (Å²) in [5.74, 6) is -4.83. The topological polar surface area (TPSA) is 108 Å². The molecule has 1 aliphatic rings. The number of nitrogens with zero attached hydrogens (tertiary/aromatic N) is 1. The molecule has 0 aliphatic carbocycles. The summed E-state index contributed by atoms with van der Waals surface area (Å²) in [6, 6.07) is 14.5. The molecule has 1 unspecified atom stereocenters. The Morgan fingerprint density at radius 2 is 1.48 bits per heavy atom. The van der Waals surface area contributed by atoms with Gasteiger partial charge in [0.15, 0.2) is 0 Å². The number of hydrogen-bond donors (Lipinski definition) is 3. The average molecular weight is 560 g/mol. The summed E-state index contributed by atoms with van der Waals surface area (Å²) in [6.07, 6.45) is -3.65. The molecule has 0 aromatic heterocycles. The highest BCUT2D eigenvalue weighted by atomic mass is 19.4. The number of Topliss-reactive ketones (excluding diaryl/α,β-unsaturated/α-hetero) is 1. The second-order valence-corrected chi connectivity index (χ2v) is 9.11. The van der Waals surface area contributed by atoms with Crippen molar-refractivity contribution >= 4 is 29.2 Å². The lowest BCUT2D eigenvalue weighted by Gasteiger charge is -2.33. The lowest BCUT2D eigenvalue weighted by atomic mass is 10.1. The Labute approximate surface area is 226 Å². The van der Waals surface area contributed by atoms with Crippen molar-refractivity contribution in [2.75, 3.05) is 23.7 Å². The number of halogens is 4. The monoisotopic (exact) mass is 559 g/mol. The van der Waals surface area contributed by atoms with Crippen LogP contribution in [0.4, 0.5) is 33.7 Å². The maximum atomic E-state index is 16.2. The summed E-state index contributed by atoms with van der Waals surface area (Å²) in [6.45, 7) is 0.593. The molecular formula is C28H25F4N3O5. The van der Waals surface area contributed by atoms with Crippen LogP contribution in [0, 0.1) is 0 Å². The molecule has 3 N–H and O–H groups in total. The van der Waals surface area contributed by atoms with Crippen molar-refractivity contribution in [1.82, 2.24) is 4.90 Å². The minimum Gasteiger partial charge on any atom is -0.478 e. The third-order valence-corrected chi connectivity index (χ3v) is 6.27. The van der Waals surface area contributed by atoms with Crippen molar-refractivity contribution in [3.63, 3.8) is 0 Å². The molecule has 1 heterocycles. The fourth-order valence-corrected chi connectivity index (χ4v) is 4.25. The third-order valence-electron chi connectivity index (χ3n) is 6.27. The molecule has 0 bridgehead atoms. The maximum Gasteiger partial charge on any atom is 0.418 e. The smallest absolute Gasteiger partial charge is 0.418 e. The van der Waals surface area contributed by atoms with Crippen molar-refractivity contribution in [2.24, 2.45) is 0 Å². The number of alkyl halides is 4. The highest BCUT2D eigenvalue weighted by Crippen LogP contribution is 2.34. The predicted octanol–water partition coefficient (Wildman–Crippen LogP) is 5.96. The summed E-state index contributed by atoms with van der Waals surface area (Å²) >= 11 is 0. The van der Waals surface area contributed by atoms with E-state index in [0.29, 0.717) is 31.5 Å². The lowest BCUT2D eigenvalue weighted by molar-refractivity contribution is -0.191. The van der Waals surface area contributed by atoms with Crippen LogP contribution in [-0.2, 0) is 17.4 Å². The van der Waals surface area contributed by atoms with Crippen LogP contribution >= 0.6 is 0 Å². The number of hydrogen-bond acceptors (Lipinski definition) is 5. The van der Waals surface area contributed by atoms with E-state index in [0.717, 1.165) is 12.1 Å². The summed E-state index contributed by atoms with van der Waals surface area (Å²) in [7, 11) is 0. The number of nitrogens with one attached hydrogen (secondary N) is 2. The van der Waals surface area contributed by atoms with Gasteiger partial charge >= 0.3 is 24.2 Å². The Morgan fingerprint density at radius 1 is 0.850 bits per heavy atom. The number of aromatic carboxylic acids is 1. The first-order valence-corrected chi connectivity index (χ1v) is 12.3. The van der Waals surface area contributed by atoms with Gasteiger partial charge in [0.25, 0.3) is 0 Å². The third kappa shape index (κ3) is 6.75. The zero-order valence-electron chi connectivity index (χ0n) is 21.0. The van der Waals surface area contributed by atoms with E-state index in [9.17, 15) is 27.6 Å². The molecule has 3 aromatic carbocycles. The van der Waals surface area contributed by atoms with Gasteiger partial charge in [-0.3, -0.25) is 4.79 Å². The number of benzene rings is 3. The number of carboxylic acids is 1. The van der Waals surface area contributed by atoms with Gasteiger partial charge in [-0.15, -0.1) is 0 Å². The second-order valence-electron chi connectivity index (χ2n) is 9.11. The predicted molar refractivity (Wildman–Crippen MR) is 138 cm³/mol. The van der Waals surface area contributed by atoms with Gasteiger partial charge in [0.1, 0.15) is 5.75 Å². The highest BCUT2D eigenvalue weighted by molar-refractivity contribution is 6.00. The molecule has 0 spiro atoms. The van der Waals surface area contributed by atoms with Gasteiger partial charge in [0.2, 0.25) is 5.78 Å². The van der Waals surface area contributed by atoms with E-state index in [2.05, 4.69) is 10.6 Å². The fourth-order valence-electron chi connectivity index (χ4n) is 4.25.